The van der Waals surface area contributed by atoms with Crippen LogP contribution in [0.5, 0.6) is 0 Å². The second kappa shape index (κ2) is 12.9. The first kappa shape index (κ1) is 37.2. The average molecular weight is 701 g/mol. The van der Waals surface area contributed by atoms with E-state index in [1.54, 1.807) is 58.0 Å². The number of benzene rings is 1. The Balaban J connectivity index is 1.88. The van der Waals surface area contributed by atoms with Crippen molar-refractivity contribution in [3.05, 3.63) is 47.2 Å². The summed E-state index contributed by atoms with van der Waals surface area (Å²) in [7, 11) is -2.47. The summed E-state index contributed by atoms with van der Waals surface area (Å²) in [6, 6.07) is 10.6. The van der Waals surface area contributed by atoms with E-state index in [1.165, 1.54) is 13.8 Å². The SMILES string of the molecule is CC[Si](CC)(CC)O[C@H]1C[C@H]2OC[C@@]2(OC(C)=O)[C@H]2[C@H](OC(=O)c3ccccc3)[C@@]3(O)CC(O)=C(C)[C@H]([C@@H](OC(C)=O)C(=O)[C@]12C)C3(C)C. The van der Waals surface area contributed by atoms with E-state index >= 15 is 4.79 Å². The number of Topliss-reactive ketones (excluding diaryl/α,β-unsaturated/α-hetero) is 1. The van der Waals surface area contributed by atoms with Crippen LogP contribution in [0.2, 0.25) is 18.1 Å². The van der Waals surface area contributed by atoms with Crippen LogP contribution in [0.4, 0.5) is 0 Å². The molecule has 11 nitrogen and oxygen atoms in total. The molecular formula is C37H52O11Si. The fourth-order valence-corrected chi connectivity index (χ4v) is 12.4. The van der Waals surface area contributed by atoms with Gasteiger partial charge in [0, 0.05) is 38.0 Å². The van der Waals surface area contributed by atoms with Crippen molar-refractivity contribution in [3.63, 3.8) is 0 Å². The number of carbonyl (C=O) groups is 4. The maximum Gasteiger partial charge on any atom is 0.338 e. The van der Waals surface area contributed by atoms with Crippen molar-refractivity contribution in [2.24, 2.45) is 22.7 Å². The second-order valence-electron chi connectivity index (χ2n) is 15.2. The molecule has 270 valence electrons. The average Bonchev–Trinajstić information content (AvgIpc) is 3.04. The second-order valence-corrected chi connectivity index (χ2v) is 19.9. The van der Waals surface area contributed by atoms with Crippen LogP contribution in [0.15, 0.2) is 41.7 Å². The van der Waals surface area contributed by atoms with E-state index in [0.717, 1.165) is 18.1 Å². The topological polar surface area (TPSA) is 155 Å². The highest BCUT2D eigenvalue weighted by atomic mass is 28.4. The van der Waals surface area contributed by atoms with Gasteiger partial charge in [-0.3, -0.25) is 14.4 Å². The van der Waals surface area contributed by atoms with Gasteiger partial charge in [0.25, 0.3) is 0 Å². The highest BCUT2D eigenvalue weighted by Gasteiger charge is 2.79. The minimum absolute atomic E-state index is 0.131. The Hall–Kier alpha value is -3.06. The Kier molecular flexibility index (Phi) is 9.81. The molecule has 1 saturated heterocycles. The van der Waals surface area contributed by atoms with Gasteiger partial charge in [0.05, 0.1) is 35.4 Å². The van der Waals surface area contributed by atoms with Crippen molar-refractivity contribution < 1.29 is 52.8 Å². The number of carbonyl (C=O) groups excluding carboxylic acids is 4. The Labute approximate surface area is 289 Å². The van der Waals surface area contributed by atoms with Crippen molar-refractivity contribution in [1.82, 2.24) is 0 Å². The maximum atomic E-state index is 15.7. The van der Waals surface area contributed by atoms with Crippen LogP contribution in [0, 0.1) is 22.7 Å². The fraction of sp³-hybridized carbons (Fsp3) is 0.676. The Morgan fingerprint density at radius 3 is 2.10 bits per heavy atom. The molecule has 2 N–H and O–H groups in total. The van der Waals surface area contributed by atoms with Crippen LogP contribution in [0.1, 0.15) is 85.5 Å². The molecule has 0 unspecified atom stereocenters. The van der Waals surface area contributed by atoms with Gasteiger partial charge < -0.3 is 33.6 Å². The number of rotatable bonds is 9. The quantitative estimate of drug-likeness (QED) is 0.192. The lowest BCUT2D eigenvalue weighted by molar-refractivity contribution is -0.347. The van der Waals surface area contributed by atoms with Crippen LogP contribution in [0.3, 0.4) is 0 Å². The molecular weight excluding hydrogens is 648 g/mol. The van der Waals surface area contributed by atoms with Gasteiger partial charge in [-0.2, -0.15) is 0 Å². The normalized spacial score (nSPS) is 36.7. The summed E-state index contributed by atoms with van der Waals surface area (Å²) >= 11 is 0. The number of aliphatic hydroxyl groups is 2. The smallest absolute Gasteiger partial charge is 0.338 e. The lowest BCUT2D eigenvalue weighted by Gasteiger charge is -2.68. The molecule has 3 aliphatic carbocycles. The fourth-order valence-electron chi connectivity index (χ4n) is 9.49. The Bertz CT molecular complexity index is 1510. The molecule has 2 bridgehead atoms. The standard InChI is InChI=1S/C37H52O11Si/c1-10-49(11-2,12-3)48-26-18-27-36(20-44-27,47-23(6)39)30-32(46-33(42)24-16-14-13-15-17-24)37(43)19-25(40)21(4)28(34(37,7)8)29(45-22(5)38)31(41)35(26,30)9/h13-17,26-30,32,40,43H,10-12,18-20H2,1-9H3/t26-,27+,28+,29+,30-,32-,35+,36-,37-/m0/s1. The number of ketones is 1. The molecule has 49 heavy (non-hydrogen) atoms. The van der Waals surface area contributed by atoms with E-state index in [9.17, 15) is 24.6 Å². The molecule has 0 spiro atoms. The molecule has 0 amide bonds. The van der Waals surface area contributed by atoms with Crippen LogP contribution < -0.4 is 0 Å². The predicted molar refractivity (Wildman–Crippen MR) is 181 cm³/mol. The monoisotopic (exact) mass is 700 g/mol. The number of aliphatic hydroxyl groups excluding tert-OH is 1. The van der Waals surface area contributed by atoms with Gasteiger partial charge in [0.2, 0.25) is 0 Å². The summed E-state index contributed by atoms with van der Waals surface area (Å²) in [6.45, 7) is 15.4. The molecule has 0 aromatic heterocycles. The van der Waals surface area contributed by atoms with Crippen LogP contribution in [-0.4, -0.2) is 84.4 Å². The van der Waals surface area contributed by atoms with Crippen molar-refractivity contribution in [2.45, 2.75) is 129 Å². The van der Waals surface area contributed by atoms with Crippen LogP contribution >= 0.6 is 0 Å². The molecule has 2 saturated carbocycles. The van der Waals surface area contributed by atoms with E-state index in [1.807, 2.05) is 0 Å². The van der Waals surface area contributed by atoms with Gasteiger partial charge in [-0.15, -0.1) is 0 Å². The first-order chi connectivity index (χ1) is 22.9. The third kappa shape index (κ3) is 5.57. The summed E-state index contributed by atoms with van der Waals surface area (Å²) in [4.78, 5) is 55.5. The zero-order chi connectivity index (χ0) is 36.3. The molecule has 1 aliphatic heterocycles. The molecule has 9 atom stereocenters. The van der Waals surface area contributed by atoms with E-state index in [2.05, 4.69) is 20.8 Å². The molecule has 1 aromatic carbocycles. The molecule has 1 heterocycles. The first-order valence-electron chi connectivity index (χ1n) is 17.5. The van der Waals surface area contributed by atoms with Crippen LogP contribution in [0.25, 0.3) is 0 Å². The van der Waals surface area contributed by atoms with Crippen molar-refractivity contribution in [2.75, 3.05) is 6.61 Å². The molecule has 12 heteroatoms. The Morgan fingerprint density at radius 2 is 1.59 bits per heavy atom. The predicted octanol–water partition coefficient (Wildman–Crippen LogP) is 5.45. The first-order valence-corrected chi connectivity index (χ1v) is 20.0. The van der Waals surface area contributed by atoms with Crippen molar-refractivity contribution >= 4 is 32.0 Å². The number of esters is 3. The number of hydrogen-bond acceptors (Lipinski definition) is 11. The number of ether oxygens (including phenoxy) is 4. The minimum atomic E-state index is -2.47. The lowest BCUT2D eigenvalue weighted by Crippen LogP contribution is -2.82. The maximum absolute atomic E-state index is 15.7. The van der Waals surface area contributed by atoms with E-state index in [-0.39, 0.29) is 30.8 Å². The number of fused-ring (bicyclic) bond motifs is 5. The zero-order valence-electron chi connectivity index (χ0n) is 30.2. The van der Waals surface area contributed by atoms with Crippen LogP contribution in [-0.2, 0) is 37.8 Å². The third-order valence-corrected chi connectivity index (χ3v) is 17.3. The van der Waals surface area contributed by atoms with Gasteiger partial charge in [-0.05, 0) is 49.7 Å². The van der Waals surface area contributed by atoms with Gasteiger partial charge in [0.1, 0.15) is 17.8 Å². The van der Waals surface area contributed by atoms with Gasteiger partial charge >= 0.3 is 17.9 Å². The van der Waals surface area contributed by atoms with Gasteiger partial charge in [-0.1, -0.05) is 52.8 Å². The highest BCUT2D eigenvalue weighted by Crippen LogP contribution is 2.65. The van der Waals surface area contributed by atoms with E-state index in [0.29, 0.717) is 5.57 Å². The van der Waals surface area contributed by atoms with Crippen molar-refractivity contribution in [1.29, 1.82) is 0 Å². The van der Waals surface area contributed by atoms with E-state index in [4.69, 9.17) is 23.4 Å². The summed E-state index contributed by atoms with van der Waals surface area (Å²) < 4.78 is 31.9. The molecule has 3 fully saturated rings. The summed E-state index contributed by atoms with van der Waals surface area (Å²) in [5.74, 6) is -5.09. The Morgan fingerprint density at radius 1 is 0.980 bits per heavy atom. The lowest BCUT2D eigenvalue weighted by atomic mass is 9.43. The summed E-state index contributed by atoms with van der Waals surface area (Å²) in [5.41, 5.74) is -6.00. The summed E-state index contributed by atoms with van der Waals surface area (Å²) in [5, 5.41) is 24.8. The van der Waals surface area contributed by atoms with E-state index < -0.39 is 90.3 Å². The third-order valence-electron chi connectivity index (χ3n) is 12.6. The zero-order valence-corrected chi connectivity index (χ0v) is 31.2. The number of hydrogen-bond donors (Lipinski definition) is 2. The molecule has 5 rings (SSSR count). The van der Waals surface area contributed by atoms with Gasteiger partial charge in [0.15, 0.2) is 25.8 Å². The highest BCUT2D eigenvalue weighted by molar-refractivity contribution is 6.73. The van der Waals surface area contributed by atoms with Gasteiger partial charge in [-0.25, -0.2) is 4.79 Å². The van der Waals surface area contributed by atoms with Crippen molar-refractivity contribution in [3.8, 4) is 0 Å². The molecule has 1 aromatic rings. The molecule has 4 aliphatic rings. The molecule has 0 radical (unpaired) electrons. The minimum Gasteiger partial charge on any atom is -0.512 e. The summed E-state index contributed by atoms with van der Waals surface area (Å²) in [6.07, 6.45) is -4.75. The largest absolute Gasteiger partial charge is 0.512 e.